The number of carboxylic acid groups (broad SMARTS) is 1. The number of benzene rings is 2. The third kappa shape index (κ3) is 2.82. The van der Waals surface area contributed by atoms with Gasteiger partial charge in [-0.25, -0.2) is 13.7 Å². The standard InChI is InChI=1S/C20H17N3O4S/c1-10(2)16(20(26)27)23-19(25)12-7-5-6-11(17(12)28-23)15-18(24)22-14-9-4-3-8-13(14)21-15/h3-10,16H,1-2H3,(H,22,24)(H,26,27). The Kier molecular flexibility index (Phi) is 4.35. The van der Waals surface area contributed by atoms with Gasteiger partial charge in [0.15, 0.2) is 0 Å². The van der Waals surface area contributed by atoms with Gasteiger partial charge in [0.25, 0.3) is 11.1 Å². The van der Waals surface area contributed by atoms with Crippen molar-refractivity contribution in [2.45, 2.75) is 19.9 Å². The SMILES string of the molecule is CC(C)C(C(=O)O)n1sc2c(-c3nc4ccccc4[nH]c3=O)cccc2c1=O. The molecule has 0 spiro atoms. The fraction of sp³-hybridized carbons (Fsp3) is 0.200. The second-order valence-electron chi connectivity index (χ2n) is 6.86. The zero-order valence-electron chi connectivity index (χ0n) is 15.2. The Morgan fingerprint density at radius 1 is 1.14 bits per heavy atom. The summed E-state index contributed by atoms with van der Waals surface area (Å²) >= 11 is 1.05. The first-order valence-electron chi connectivity index (χ1n) is 8.75. The summed E-state index contributed by atoms with van der Waals surface area (Å²) in [6.07, 6.45) is 0. The van der Waals surface area contributed by atoms with Gasteiger partial charge in [-0.05, 0) is 24.1 Å². The zero-order valence-corrected chi connectivity index (χ0v) is 16.0. The van der Waals surface area contributed by atoms with Crippen molar-refractivity contribution in [3.8, 4) is 11.3 Å². The lowest BCUT2D eigenvalue weighted by Crippen LogP contribution is -2.29. The van der Waals surface area contributed by atoms with Crippen LogP contribution in [0.3, 0.4) is 0 Å². The summed E-state index contributed by atoms with van der Waals surface area (Å²) in [5.41, 5.74) is 1.23. The van der Waals surface area contributed by atoms with Crippen LogP contribution in [-0.2, 0) is 4.79 Å². The van der Waals surface area contributed by atoms with Crippen LogP contribution < -0.4 is 11.1 Å². The number of hydrogen-bond acceptors (Lipinski definition) is 5. The second kappa shape index (κ2) is 6.72. The molecule has 0 aliphatic heterocycles. The van der Waals surface area contributed by atoms with Crippen LogP contribution in [0.15, 0.2) is 52.1 Å². The van der Waals surface area contributed by atoms with Gasteiger partial charge in [0.05, 0.1) is 21.1 Å². The molecule has 0 saturated carbocycles. The molecule has 0 aliphatic rings. The molecule has 2 N–H and O–H groups in total. The predicted molar refractivity (Wildman–Crippen MR) is 109 cm³/mol. The maximum Gasteiger partial charge on any atom is 0.328 e. The minimum absolute atomic E-state index is 0.203. The fourth-order valence-corrected chi connectivity index (χ4v) is 4.64. The lowest BCUT2D eigenvalue weighted by atomic mass is 10.1. The van der Waals surface area contributed by atoms with Gasteiger partial charge in [-0.3, -0.25) is 9.59 Å². The number of carboxylic acids is 1. The quantitative estimate of drug-likeness (QED) is 0.552. The highest BCUT2D eigenvalue weighted by Crippen LogP contribution is 2.31. The molecule has 0 aliphatic carbocycles. The topological polar surface area (TPSA) is 105 Å². The Labute approximate surface area is 163 Å². The summed E-state index contributed by atoms with van der Waals surface area (Å²) in [7, 11) is 0. The predicted octanol–water partition coefficient (Wildman–Crippen LogP) is 3.25. The molecule has 1 unspecified atom stereocenters. The number of aliphatic carboxylic acids is 1. The van der Waals surface area contributed by atoms with Crippen LogP contribution in [0.5, 0.6) is 0 Å². The first-order chi connectivity index (χ1) is 13.4. The third-order valence-corrected chi connectivity index (χ3v) is 5.84. The maximum atomic E-state index is 12.9. The van der Waals surface area contributed by atoms with Crippen LogP contribution >= 0.6 is 11.5 Å². The molecule has 0 amide bonds. The Balaban J connectivity index is 2.01. The van der Waals surface area contributed by atoms with Gasteiger partial charge >= 0.3 is 5.97 Å². The van der Waals surface area contributed by atoms with Crippen LogP contribution in [-0.4, -0.2) is 25.0 Å². The third-order valence-electron chi connectivity index (χ3n) is 4.63. The van der Waals surface area contributed by atoms with Gasteiger partial charge in [-0.1, -0.05) is 49.6 Å². The number of nitrogens with one attached hydrogen (secondary N) is 1. The van der Waals surface area contributed by atoms with E-state index in [2.05, 4.69) is 9.97 Å². The number of aromatic nitrogens is 3. The minimum Gasteiger partial charge on any atom is -0.480 e. The van der Waals surface area contributed by atoms with E-state index < -0.39 is 12.0 Å². The maximum absolute atomic E-state index is 12.9. The number of hydrogen-bond donors (Lipinski definition) is 2. The molecule has 0 bridgehead atoms. The number of rotatable bonds is 4. The number of para-hydroxylation sites is 2. The summed E-state index contributed by atoms with van der Waals surface area (Å²) < 4.78 is 1.82. The van der Waals surface area contributed by atoms with E-state index in [1.54, 1.807) is 44.2 Å². The smallest absolute Gasteiger partial charge is 0.328 e. The molecule has 7 nitrogen and oxygen atoms in total. The van der Waals surface area contributed by atoms with Crippen molar-refractivity contribution in [1.29, 1.82) is 0 Å². The summed E-state index contributed by atoms with van der Waals surface area (Å²) in [5, 5.41) is 9.95. The zero-order chi connectivity index (χ0) is 20.0. The van der Waals surface area contributed by atoms with Crippen LogP contribution in [0.1, 0.15) is 19.9 Å². The van der Waals surface area contributed by atoms with Gasteiger partial charge in [-0.15, -0.1) is 0 Å². The molecule has 8 heteroatoms. The molecule has 0 radical (unpaired) electrons. The summed E-state index contributed by atoms with van der Waals surface area (Å²) in [5.74, 6) is -1.33. The van der Waals surface area contributed by atoms with Gasteiger partial charge in [0.1, 0.15) is 11.7 Å². The Bertz CT molecular complexity index is 1330. The fourth-order valence-electron chi connectivity index (χ4n) is 3.30. The van der Waals surface area contributed by atoms with Gasteiger partial charge in [0, 0.05) is 5.56 Å². The van der Waals surface area contributed by atoms with Gasteiger partial charge in [-0.2, -0.15) is 0 Å². The molecular weight excluding hydrogens is 378 g/mol. The van der Waals surface area contributed by atoms with E-state index in [0.717, 1.165) is 11.5 Å². The lowest BCUT2D eigenvalue weighted by Gasteiger charge is -2.15. The highest BCUT2D eigenvalue weighted by atomic mass is 32.1. The second-order valence-corrected chi connectivity index (χ2v) is 7.85. The Morgan fingerprint density at radius 3 is 2.61 bits per heavy atom. The minimum atomic E-state index is -1.06. The molecular formula is C20H17N3O4S. The van der Waals surface area contributed by atoms with Crippen molar-refractivity contribution in [3.05, 3.63) is 63.2 Å². The number of fused-ring (bicyclic) bond motifs is 2. The molecule has 2 aromatic carbocycles. The first kappa shape index (κ1) is 18.1. The average molecular weight is 395 g/mol. The van der Waals surface area contributed by atoms with Crippen molar-refractivity contribution in [3.63, 3.8) is 0 Å². The molecule has 4 aromatic rings. The van der Waals surface area contributed by atoms with E-state index in [4.69, 9.17) is 0 Å². The molecule has 28 heavy (non-hydrogen) atoms. The van der Waals surface area contributed by atoms with Crippen molar-refractivity contribution in [2.75, 3.05) is 0 Å². The van der Waals surface area contributed by atoms with Crippen LogP contribution in [0.2, 0.25) is 0 Å². The molecule has 2 heterocycles. The van der Waals surface area contributed by atoms with E-state index in [0.29, 0.717) is 26.7 Å². The summed E-state index contributed by atoms with van der Waals surface area (Å²) in [6.45, 7) is 3.51. The van der Waals surface area contributed by atoms with E-state index in [1.807, 2.05) is 12.1 Å². The monoisotopic (exact) mass is 395 g/mol. The first-order valence-corrected chi connectivity index (χ1v) is 9.52. The average Bonchev–Trinajstić information content (AvgIpc) is 2.97. The van der Waals surface area contributed by atoms with E-state index >= 15 is 0 Å². The van der Waals surface area contributed by atoms with E-state index in [9.17, 15) is 19.5 Å². The summed E-state index contributed by atoms with van der Waals surface area (Å²) in [6, 6.07) is 11.3. The van der Waals surface area contributed by atoms with Crippen LogP contribution in [0.25, 0.3) is 32.4 Å². The molecule has 142 valence electrons. The Morgan fingerprint density at radius 2 is 1.89 bits per heavy atom. The normalized spacial score (nSPS) is 12.7. The number of nitrogens with zero attached hydrogens (tertiary/aromatic N) is 2. The van der Waals surface area contributed by atoms with Gasteiger partial charge < -0.3 is 10.1 Å². The van der Waals surface area contributed by atoms with Crippen molar-refractivity contribution >= 4 is 38.6 Å². The van der Waals surface area contributed by atoms with Crippen molar-refractivity contribution in [2.24, 2.45) is 5.92 Å². The van der Waals surface area contributed by atoms with Crippen LogP contribution in [0.4, 0.5) is 0 Å². The number of H-pyrrole nitrogens is 1. The lowest BCUT2D eigenvalue weighted by molar-refractivity contribution is -0.142. The largest absolute Gasteiger partial charge is 0.480 e. The van der Waals surface area contributed by atoms with Crippen molar-refractivity contribution < 1.29 is 9.90 Å². The molecule has 4 rings (SSSR count). The molecule has 1 atom stereocenters. The van der Waals surface area contributed by atoms with Crippen molar-refractivity contribution in [1.82, 2.24) is 13.9 Å². The molecule has 2 aromatic heterocycles. The highest BCUT2D eigenvalue weighted by molar-refractivity contribution is 7.14. The van der Waals surface area contributed by atoms with E-state index in [1.165, 1.54) is 3.96 Å². The number of aromatic amines is 1. The van der Waals surface area contributed by atoms with Gasteiger partial charge in [0.2, 0.25) is 0 Å². The molecule has 0 saturated heterocycles. The Hall–Kier alpha value is -3.26. The van der Waals surface area contributed by atoms with E-state index in [-0.39, 0.29) is 22.7 Å². The summed E-state index contributed by atoms with van der Waals surface area (Å²) in [4.78, 5) is 44.5. The highest BCUT2D eigenvalue weighted by Gasteiger charge is 2.28. The van der Waals surface area contributed by atoms with Crippen LogP contribution in [0, 0.1) is 5.92 Å². The molecule has 0 fully saturated rings. The number of carbonyl (C=O) groups is 1.